The molecular formula is C16H22N2O5. The second kappa shape index (κ2) is 9.02. The number of carboxylic acid groups (broad SMARTS) is 1. The summed E-state index contributed by atoms with van der Waals surface area (Å²) in [5.74, 6) is -2.50. The minimum absolute atomic E-state index is 0.00600. The topological polar surface area (TPSA) is 133 Å². The molecule has 1 rings (SSSR count). The first-order valence-electron chi connectivity index (χ1n) is 7.34. The normalized spacial score (nSPS) is 14.6. The third-order valence-corrected chi connectivity index (χ3v) is 3.37. The van der Waals surface area contributed by atoms with Gasteiger partial charge in [-0.25, -0.2) is 0 Å². The van der Waals surface area contributed by atoms with Crippen LogP contribution in [0, 0.1) is 5.92 Å². The predicted molar refractivity (Wildman–Crippen MR) is 83.5 cm³/mol. The van der Waals surface area contributed by atoms with Gasteiger partial charge in [0.25, 0.3) is 0 Å². The minimum atomic E-state index is -1.01. The van der Waals surface area contributed by atoms with Gasteiger partial charge in [0.2, 0.25) is 0 Å². The zero-order chi connectivity index (χ0) is 17.4. The first kappa shape index (κ1) is 18.8. The van der Waals surface area contributed by atoms with E-state index < -0.39 is 30.1 Å². The highest BCUT2D eigenvalue weighted by atomic mass is 16.6. The molecule has 5 N–H and O–H groups in total. The van der Waals surface area contributed by atoms with Crippen LogP contribution < -0.4 is 11.5 Å². The van der Waals surface area contributed by atoms with Gasteiger partial charge in [-0.3, -0.25) is 20.1 Å². The molecule has 126 valence electrons. The van der Waals surface area contributed by atoms with Crippen LogP contribution in [-0.4, -0.2) is 35.1 Å². The number of ketones is 1. The highest BCUT2D eigenvalue weighted by molar-refractivity contribution is 5.99. The van der Waals surface area contributed by atoms with Crippen molar-refractivity contribution in [2.24, 2.45) is 17.4 Å². The number of rotatable bonds is 9. The maximum atomic E-state index is 12.1. The third-order valence-electron chi connectivity index (χ3n) is 3.37. The lowest BCUT2D eigenvalue weighted by molar-refractivity contribution is -0.150. The third kappa shape index (κ3) is 6.58. The van der Waals surface area contributed by atoms with Crippen molar-refractivity contribution in [2.75, 3.05) is 0 Å². The molecule has 0 heterocycles. The molecule has 23 heavy (non-hydrogen) atoms. The molecule has 0 saturated carbocycles. The first-order chi connectivity index (χ1) is 10.8. The predicted octanol–water partition coefficient (Wildman–Crippen LogP) is 0.916. The summed E-state index contributed by atoms with van der Waals surface area (Å²) in [7, 11) is 0. The number of nitrogens with two attached hydrogens (primary N) is 2. The summed E-state index contributed by atoms with van der Waals surface area (Å²) in [5, 5.41) is 8.73. The molecule has 7 heteroatoms. The molecule has 1 aromatic rings. The number of benzene rings is 1. The summed E-state index contributed by atoms with van der Waals surface area (Å²) < 4.78 is 4.95. The lowest BCUT2D eigenvalue weighted by atomic mass is 10.0. The minimum Gasteiger partial charge on any atom is -0.481 e. The molecule has 1 aromatic carbocycles. The van der Waals surface area contributed by atoms with Crippen LogP contribution in [0.4, 0.5) is 0 Å². The maximum absolute atomic E-state index is 12.1. The maximum Gasteiger partial charge on any atom is 0.307 e. The van der Waals surface area contributed by atoms with E-state index in [4.69, 9.17) is 21.3 Å². The van der Waals surface area contributed by atoms with Crippen LogP contribution in [0.5, 0.6) is 0 Å². The quantitative estimate of drug-likeness (QED) is 0.349. The number of carbonyl (C=O) groups is 3. The molecule has 0 aliphatic carbocycles. The molecule has 0 aliphatic rings. The van der Waals surface area contributed by atoms with Crippen molar-refractivity contribution in [1.82, 2.24) is 0 Å². The number of esters is 1. The number of hydrogen-bond acceptors (Lipinski definition) is 6. The van der Waals surface area contributed by atoms with E-state index in [0.29, 0.717) is 5.56 Å². The van der Waals surface area contributed by atoms with Gasteiger partial charge >= 0.3 is 11.9 Å². The van der Waals surface area contributed by atoms with Crippen LogP contribution in [0.3, 0.4) is 0 Å². The molecule has 0 amide bonds. The second-order valence-electron chi connectivity index (χ2n) is 5.38. The van der Waals surface area contributed by atoms with Crippen molar-refractivity contribution in [3.63, 3.8) is 0 Å². The van der Waals surface area contributed by atoms with Crippen LogP contribution in [0.25, 0.3) is 0 Å². The molecule has 3 unspecified atom stereocenters. The Morgan fingerprint density at radius 3 is 2.35 bits per heavy atom. The summed E-state index contributed by atoms with van der Waals surface area (Å²) in [6, 6.07) is 7.65. The van der Waals surface area contributed by atoms with Crippen LogP contribution in [-0.2, 0) is 14.3 Å². The first-order valence-corrected chi connectivity index (χ1v) is 7.34. The fraction of sp³-hybridized carbons (Fsp3) is 0.438. The smallest absolute Gasteiger partial charge is 0.307 e. The summed E-state index contributed by atoms with van der Waals surface area (Å²) >= 11 is 0. The average Bonchev–Trinajstić information content (AvgIpc) is 2.52. The van der Waals surface area contributed by atoms with Gasteiger partial charge in [0.05, 0.1) is 12.0 Å². The number of aliphatic carboxylic acids is 1. The highest BCUT2D eigenvalue weighted by Gasteiger charge is 2.21. The number of carboxylic acids is 1. The number of ether oxygens (including phenoxy) is 1. The molecular weight excluding hydrogens is 300 g/mol. The number of carbonyl (C=O) groups excluding carboxylic acids is 2. The van der Waals surface area contributed by atoms with Gasteiger partial charge in [-0.15, -0.1) is 0 Å². The Balaban J connectivity index is 2.40. The summed E-state index contributed by atoms with van der Waals surface area (Å²) in [4.78, 5) is 34.3. The van der Waals surface area contributed by atoms with Gasteiger partial charge in [-0.1, -0.05) is 37.3 Å². The number of Topliss-reactive ketones (excluding diaryl/α,β-unsaturated/α-hetero) is 1. The largest absolute Gasteiger partial charge is 0.481 e. The Hall–Kier alpha value is -2.25. The monoisotopic (exact) mass is 322 g/mol. The molecule has 7 nitrogen and oxygen atoms in total. The lowest BCUT2D eigenvalue weighted by Crippen LogP contribution is -2.39. The molecule has 0 aliphatic heterocycles. The van der Waals surface area contributed by atoms with Crippen molar-refractivity contribution in [3.8, 4) is 0 Å². The Bertz CT molecular complexity index is 547. The molecule has 0 aromatic heterocycles. The molecule has 3 atom stereocenters. The SMILES string of the molecule is CC(CCC(=O)OC(N)CC(N)C(=O)c1ccccc1)C(=O)O. The van der Waals surface area contributed by atoms with Gasteiger partial charge in [0.1, 0.15) is 0 Å². The van der Waals surface area contributed by atoms with Gasteiger partial charge < -0.3 is 15.6 Å². The fourth-order valence-electron chi connectivity index (χ4n) is 1.91. The summed E-state index contributed by atoms with van der Waals surface area (Å²) in [5.41, 5.74) is 11.9. The van der Waals surface area contributed by atoms with Crippen LogP contribution >= 0.6 is 0 Å². The van der Waals surface area contributed by atoms with E-state index in [1.165, 1.54) is 6.92 Å². The summed E-state index contributed by atoms with van der Waals surface area (Å²) in [6.07, 6.45) is -0.905. The van der Waals surface area contributed by atoms with Crippen molar-refractivity contribution in [2.45, 2.75) is 38.5 Å². The van der Waals surface area contributed by atoms with Gasteiger partial charge in [0.15, 0.2) is 12.0 Å². The van der Waals surface area contributed by atoms with Crippen LogP contribution in [0.2, 0.25) is 0 Å². The van der Waals surface area contributed by atoms with Gasteiger partial charge in [-0.2, -0.15) is 0 Å². The van der Waals surface area contributed by atoms with E-state index >= 15 is 0 Å². The molecule has 0 fully saturated rings. The molecule has 0 bridgehead atoms. The average molecular weight is 322 g/mol. The standard InChI is InChI=1S/C16H22N2O5/c1-10(16(21)22)7-8-14(19)23-13(18)9-12(17)15(20)11-5-3-2-4-6-11/h2-6,10,12-13H,7-9,17-18H2,1H3,(H,21,22). The van der Waals surface area contributed by atoms with Gasteiger partial charge in [-0.05, 0) is 6.42 Å². The lowest BCUT2D eigenvalue weighted by Gasteiger charge is -2.17. The van der Waals surface area contributed by atoms with Crippen molar-refractivity contribution >= 4 is 17.7 Å². The highest BCUT2D eigenvalue weighted by Crippen LogP contribution is 2.09. The van der Waals surface area contributed by atoms with E-state index in [1.54, 1.807) is 30.3 Å². The Morgan fingerprint density at radius 2 is 1.78 bits per heavy atom. The zero-order valence-electron chi connectivity index (χ0n) is 13.0. The molecule has 0 spiro atoms. The van der Waals surface area contributed by atoms with E-state index in [9.17, 15) is 14.4 Å². The van der Waals surface area contributed by atoms with Gasteiger partial charge in [0, 0.05) is 18.4 Å². The van der Waals surface area contributed by atoms with E-state index in [-0.39, 0.29) is 25.0 Å². The molecule has 0 saturated heterocycles. The molecule has 0 radical (unpaired) electrons. The van der Waals surface area contributed by atoms with E-state index in [0.717, 1.165) is 0 Å². The zero-order valence-corrected chi connectivity index (χ0v) is 13.0. The van der Waals surface area contributed by atoms with Crippen molar-refractivity contribution < 1.29 is 24.2 Å². The Labute approximate surface area is 134 Å². The Kier molecular flexibility index (Phi) is 7.37. The van der Waals surface area contributed by atoms with Crippen LogP contribution in [0.1, 0.15) is 36.5 Å². The Morgan fingerprint density at radius 1 is 1.17 bits per heavy atom. The van der Waals surface area contributed by atoms with E-state index in [2.05, 4.69) is 0 Å². The fourth-order valence-corrected chi connectivity index (χ4v) is 1.91. The second-order valence-corrected chi connectivity index (χ2v) is 5.38. The van der Waals surface area contributed by atoms with Crippen LogP contribution in [0.15, 0.2) is 30.3 Å². The summed E-state index contributed by atoms with van der Waals surface area (Å²) in [6.45, 7) is 1.50. The van der Waals surface area contributed by atoms with E-state index in [1.807, 2.05) is 0 Å². The number of hydrogen-bond donors (Lipinski definition) is 3. The van der Waals surface area contributed by atoms with Crippen molar-refractivity contribution in [1.29, 1.82) is 0 Å². The van der Waals surface area contributed by atoms with Crippen molar-refractivity contribution in [3.05, 3.63) is 35.9 Å².